The second-order valence-corrected chi connectivity index (χ2v) is 12.9. The van der Waals surface area contributed by atoms with Gasteiger partial charge in [-0.05, 0) is 59.8 Å². The number of thioether (sulfide) groups is 2. The van der Waals surface area contributed by atoms with Crippen molar-refractivity contribution in [2.24, 2.45) is 5.73 Å². The number of benzene rings is 2. The van der Waals surface area contributed by atoms with Crippen LogP contribution < -0.4 is 5.73 Å². The summed E-state index contributed by atoms with van der Waals surface area (Å²) in [5.74, 6) is -0.841. The number of ether oxygens (including phenoxy) is 1. The Labute approximate surface area is 286 Å². The summed E-state index contributed by atoms with van der Waals surface area (Å²) in [4.78, 5) is 46.2. The van der Waals surface area contributed by atoms with Gasteiger partial charge >= 0.3 is 5.97 Å². The number of carbonyl (C=O) groups excluding carboxylic acids is 2. The fourth-order valence-electron chi connectivity index (χ4n) is 5.12. The standard InChI is InChI=1S/C17H21N5O2S.C15H18N6OS/c1-5-24-16(23)15-12-7-6-11-10-18-17(25-4)19-13(11)14(12)20-22(15)9-8-21(2)3;1-20(2)6-7-21-13(14(16)22)10-5-4-9-8-17-15(23-3)18-11(9)12(10)19-21/h6-7,10H,5,8-9H2,1-4H3;4-5,8H,6-7H2,1-3H3,(H2,16,22). The van der Waals surface area contributed by atoms with Gasteiger partial charge in [-0.15, -0.1) is 0 Å². The molecular formula is C32H39N11O3S2. The van der Waals surface area contributed by atoms with Crippen molar-refractivity contribution >= 4 is 79.0 Å². The van der Waals surface area contributed by atoms with Crippen LogP contribution in [0.2, 0.25) is 0 Å². The topological polar surface area (TPSA) is 163 Å². The minimum absolute atomic E-state index is 0.325. The normalized spacial score (nSPS) is 11.6. The van der Waals surface area contributed by atoms with E-state index in [4.69, 9.17) is 10.5 Å². The minimum Gasteiger partial charge on any atom is -0.461 e. The van der Waals surface area contributed by atoms with E-state index in [0.717, 1.165) is 45.7 Å². The zero-order valence-corrected chi connectivity index (χ0v) is 29.7. The Bertz CT molecular complexity index is 2110. The van der Waals surface area contributed by atoms with Gasteiger partial charge in [0.05, 0.1) is 19.7 Å². The molecule has 4 aromatic heterocycles. The molecule has 14 nitrogen and oxygen atoms in total. The molecule has 0 aliphatic heterocycles. The average Bonchev–Trinajstić information content (AvgIpc) is 3.65. The molecule has 0 spiro atoms. The van der Waals surface area contributed by atoms with Crippen LogP contribution in [0.4, 0.5) is 0 Å². The van der Waals surface area contributed by atoms with E-state index in [-0.39, 0.29) is 5.97 Å². The van der Waals surface area contributed by atoms with E-state index in [0.29, 0.717) is 52.4 Å². The first-order valence-electron chi connectivity index (χ1n) is 15.2. The van der Waals surface area contributed by atoms with Crippen molar-refractivity contribution in [1.82, 2.24) is 49.3 Å². The highest BCUT2D eigenvalue weighted by Gasteiger charge is 2.22. The fourth-order valence-corrected chi connectivity index (χ4v) is 5.80. The number of hydrogen-bond acceptors (Lipinski definition) is 13. The third kappa shape index (κ3) is 7.36. The summed E-state index contributed by atoms with van der Waals surface area (Å²) in [6.07, 6.45) is 7.42. The lowest BCUT2D eigenvalue weighted by Gasteiger charge is -2.11. The van der Waals surface area contributed by atoms with Gasteiger partial charge in [0.25, 0.3) is 5.91 Å². The first-order chi connectivity index (χ1) is 23.1. The summed E-state index contributed by atoms with van der Waals surface area (Å²) in [7, 11) is 7.92. The molecule has 6 aromatic rings. The van der Waals surface area contributed by atoms with Gasteiger partial charge in [0.15, 0.2) is 16.0 Å². The molecule has 0 aliphatic rings. The summed E-state index contributed by atoms with van der Waals surface area (Å²) in [5.41, 5.74) is 9.37. The number of aromatic nitrogens is 8. The van der Waals surface area contributed by atoms with Crippen LogP contribution in [-0.4, -0.2) is 122 Å². The molecule has 0 atom stereocenters. The third-order valence-electron chi connectivity index (χ3n) is 7.46. The van der Waals surface area contributed by atoms with Crippen LogP contribution in [0.5, 0.6) is 0 Å². The number of amides is 1. The second-order valence-electron chi connectivity index (χ2n) is 11.3. The number of hydrogen-bond donors (Lipinski definition) is 1. The lowest BCUT2D eigenvalue weighted by Crippen LogP contribution is -2.23. The van der Waals surface area contributed by atoms with Crippen molar-refractivity contribution < 1.29 is 14.3 Å². The molecule has 0 unspecified atom stereocenters. The average molecular weight is 690 g/mol. The summed E-state index contributed by atoms with van der Waals surface area (Å²) < 4.78 is 8.65. The van der Waals surface area contributed by atoms with Gasteiger partial charge in [-0.25, -0.2) is 24.7 Å². The first kappa shape index (κ1) is 34.9. The molecule has 2 aromatic carbocycles. The molecule has 0 saturated carbocycles. The van der Waals surface area contributed by atoms with Crippen LogP contribution in [0.25, 0.3) is 43.6 Å². The van der Waals surface area contributed by atoms with Gasteiger partial charge in [0.2, 0.25) is 0 Å². The highest BCUT2D eigenvalue weighted by molar-refractivity contribution is 7.98. The molecule has 0 saturated heterocycles. The monoisotopic (exact) mass is 689 g/mol. The van der Waals surface area contributed by atoms with Crippen molar-refractivity contribution in [3.63, 3.8) is 0 Å². The van der Waals surface area contributed by atoms with Crippen LogP contribution in [0.15, 0.2) is 47.0 Å². The Balaban J connectivity index is 0.000000188. The molecule has 1 amide bonds. The van der Waals surface area contributed by atoms with Crippen LogP contribution in [-0.2, 0) is 17.8 Å². The predicted octanol–water partition coefficient (Wildman–Crippen LogP) is 3.80. The van der Waals surface area contributed by atoms with Crippen molar-refractivity contribution in [2.75, 3.05) is 60.4 Å². The van der Waals surface area contributed by atoms with Crippen LogP contribution in [0.1, 0.15) is 27.9 Å². The van der Waals surface area contributed by atoms with Gasteiger partial charge in [0, 0.05) is 47.0 Å². The van der Waals surface area contributed by atoms with Crippen molar-refractivity contribution in [3.8, 4) is 0 Å². The highest BCUT2D eigenvalue weighted by Crippen LogP contribution is 2.28. The molecule has 2 N–H and O–H groups in total. The van der Waals surface area contributed by atoms with Crippen LogP contribution in [0, 0.1) is 0 Å². The maximum Gasteiger partial charge on any atom is 0.357 e. The molecule has 48 heavy (non-hydrogen) atoms. The number of likely N-dealkylation sites (N-methyl/N-ethyl adjacent to an activating group) is 2. The van der Waals surface area contributed by atoms with Crippen LogP contribution >= 0.6 is 23.5 Å². The molecule has 0 fully saturated rings. The summed E-state index contributed by atoms with van der Waals surface area (Å²) >= 11 is 2.95. The largest absolute Gasteiger partial charge is 0.461 e. The SMILES string of the molecule is CCOC(=O)c1c2ccc3cnc(SC)nc3c2nn1CCN(C)C.CSc1ncc2ccc3c(C(N)=O)n(CCN(C)C)nc3c2n1. The molecule has 0 bridgehead atoms. The predicted molar refractivity (Wildman–Crippen MR) is 191 cm³/mol. The van der Waals surface area contributed by atoms with Crippen molar-refractivity contribution in [2.45, 2.75) is 30.3 Å². The quantitative estimate of drug-likeness (QED) is 0.119. The lowest BCUT2D eigenvalue weighted by atomic mass is 10.1. The number of nitrogens with zero attached hydrogens (tertiary/aromatic N) is 10. The molecule has 16 heteroatoms. The third-order valence-corrected chi connectivity index (χ3v) is 8.58. The van der Waals surface area contributed by atoms with Gasteiger partial charge in [-0.2, -0.15) is 10.2 Å². The van der Waals surface area contributed by atoms with Crippen molar-refractivity contribution in [3.05, 3.63) is 48.0 Å². The summed E-state index contributed by atoms with van der Waals surface area (Å²) in [6, 6.07) is 7.57. The Morgan fingerprint density at radius 1 is 0.750 bits per heavy atom. The lowest BCUT2D eigenvalue weighted by molar-refractivity contribution is 0.0513. The molecule has 4 heterocycles. The molecule has 252 valence electrons. The zero-order chi connectivity index (χ0) is 34.5. The first-order valence-corrected chi connectivity index (χ1v) is 17.7. The van der Waals surface area contributed by atoms with E-state index < -0.39 is 5.91 Å². The van der Waals surface area contributed by atoms with Crippen LogP contribution in [0.3, 0.4) is 0 Å². The minimum atomic E-state index is -0.482. The molecule has 0 aliphatic carbocycles. The number of nitrogens with two attached hydrogens (primary N) is 1. The van der Waals surface area contributed by atoms with Gasteiger partial charge < -0.3 is 20.3 Å². The van der Waals surface area contributed by atoms with Gasteiger partial charge in [-0.1, -0.05) is 35.7 Å². The highest BCUT2D eigenvalue weighted by atomic mass is 32.2. The Morgan fingerprint density at radius 3 is 1.62 bits per heavy atom. The fraction of sp³-hybridized carbons (Fsp3) is 0.375. The van der Waals surface area contributed by atoms with Crippen molar-refractivity contribution in [1.29, 1.82) is 0 Å². The zero-order valence-electron chi connectivity index (χ0n) is 28.1. The smallest absolute Gasteiger partial charge is 0.357 e. The maximum absolute atomic E-state index is 12.5. The molecule has 6 rings (SSSR count). The van der Waals surface area contributed by atoms with E-state index in [1.165, 1.54) is 23.5 Å². The summed E-state index contributed by atoms with van der Waals surface area (Å²) in [6.45, 7) is 4.83. The van der Waals surface area contributed by atoms with E-state index in [1.807, 2.05) is 74.8 Å². The molecular weight excluding hydrogens is 651 g/mol. The van der Waals surface area contributed by atoms with Gasteiger partial charge in [0.1, 0.15) is 27.8 Å². The van der Waals surface area contributed by atoms with E-state index >= 15 is 0 Å². The number of rotatable bonds is 11. The van der Waals surface area contributed by atoms with E-state index in [9.17, 15) is 9.59 Å². The number of fused-ring (bicyclic) bond motifs is 6. The van der Waals surface area contributed by atoms with E-state index in [2.05, 4.69) is 30.1 Å². The second kappa shape index (κ2) is 15.2. The number of carbonyl (C=O) groups is 2. The Kier molecular flexibility index (Phi) is 11.1. The molecule has 0 radical (unpaired) electrons. The number of primary amides is 1. The Hall–Kier alpha value is -4.38. The Morgan fingerprint density at radius 2 is 1.21 bits per heavy atom. The maximum atomic E-state index is 12.5. The van der Waals surface area contributed by atoms with E-state index in [1.54, 1.807) is 28.7 Å². The number of esters is 1. The van der Waals surface area contributed by atoms with Gasteiger partial charge in [-0.3, -0.25) is 14.2 Å². The summed E-state index contributed by atoms with van der Waals surface area (Å²) in [5, 5.41) is 13.9.